The van der Waals surface area contributed by atoms with Crippen LogP contribution in [0.25, 0.3) is 0 Å². The Morgan fingerprint density at radius 3 is 2.41 bits per heavy atom. The molecule has 5 heteroatoms. The van der Waals surface area contributed by atoms with Gasteiger partial charge >= 0.3 is 0 Å². The molecule has 0 atom stereocenters. The number of hydrogen-bond donors (Lipinski definition) is 0. The highest BCUT2D eigenvalue weighted by atomic mass is 32.2. The molecule has 0 aliphatic carbocycles. The van der Waals surface area contributed by atoms with Gasteiger partial charge in [0.25, 0.3) is 5.91 Å². The molecule has 1 amide bonds. The lowest BCUT2D eigenvalue weighted by Crippen LogP contribution is -2.57. The van der Waals surface area contributed by atoms with Crippen LogP contribution in [0.3, 0.4) is 0 Å². The predicted octanol–water partition coefficient (Wildman–Crippen LogP) is 0.946. The highest BCUT2D eigenvalue weighted by Gasteiger charge is 2.38. The van der Waals surface area contributed by atoms with Gasteiger partial charge in [0.1, 0.15) is 0 Å². The second kappa shape index (κ2) is 4.49. The van der Waals surface area contributed by atoms with Crippen molar-refractivity contribution in [3.05, 3.63) is 35.9 Å². The van der Waals surface area contributed by atoms with Crippen LogP contribution in [0.5, 0.6) is 0 Å². The van der Waals surface area contributed by atoms with Gasteiger partial charge in [-0.25, -0.2) is 8.42 Å². The highest BCUT2D eigenvalue weighted by molar-refractivity contribution is 7.92. The second-order valence-corrected chi connectivity index (χ2v) is 6.72. The molecule has 1 fully saturated rings. The number of sulfone groups is 1. The zero-order chi connectivity index (χ0) is 12.5. The molecule has 2 rings (SSSR count). The van der Waals surface area contributed by atoms with Gasteiger partial charge in [-0.05, 0) is 12.1 Å². The third-order valence-corrected chi connectivity index (χ3v) is 5.18. The number of carbonyl (C=O) groups excluding carboxylic acids is 1. The van der Waals surface area contributed by atoms with Gasteiger partial charge in [0.05, 0.1) is 5.25 Å². The van der Waals surface area contributed by atoms with E-state index < -0.39 is 9.84 Å². The number of benzene rings is 1. The van der Waals surface area contributed by atoms with Crippen molar-refractivity contribution in [3.63, 3.8) is 0 Å². The number of hydrogen-bond acceptors (Lipinski definition) is 3. The van der Waals surface area contributed by atoms with Crippen molar-refractivity contribution in [3.8, 4) is 0 Å². The van der Waals surface area contributed by atoms with E-state index in [0.717, 1.165) is 0 Å². The van der Waals surface area contributed by atoms with Gasteiger partial charge in [-0.15, -0.1) is 0 Å². The van der Waals surface area contributed by atoms with E-state index in [-0.39, 0.29) is 16.9 Å². The molecule has 1 saturated heterocycles. The van der Waals surface area contributed by atoms with E-state index in [1.54, 1.807) is 36.1 Å². The molecule has 17 heavy (non-hydrogen) atoms. The number of amides is 1. The maximum atomic E-state index is 11.9. The van der Waals surface area contributed by atoms with Crippen LogP contribution >= 0.6 is 0 Å². The molecule has 92 valence electrons. The normalized spacial score (nSPS) is 16.6. The van der Waals surface area contributed by atoms with E-state index >= 15 is 0 Å². The van der Waals surface area contributed by atoms with Gasteiger partial charge in [0.2, 0.25) is 0 Å². The maximum Gasteiger partial charge on any atom is 0.253 e. The van der Waals surface area contributed by atoms with Crippen molar-refractivity contribution in [2.45, 2.75) is 12.2 Å². The van der Waals surface area contributed by atoms with E-state index in [4.69, 9.17) is 0 Å². The topological polar surface area (TPSA) is 54.5 Å². The quantitative estimate of drug-likeness (QED) is 0.805. The number of rotatable bonds is 3. The summed E-state index contributed by atoms with van der Waals surface area (Å²) in [6.45, 7) is 2.28. The zero-order valence-electron chi connectivity index (χ0n) is 9.67. The van der Waals surface area contributed by atoms with E-state index in [1.807, 2.05) is 6.07 Å². The van der Waals surface area contributed by atoms with Crippen molar-refractivity contribution < 1.29 is 13.2 Å². The fourth-order valence-electron chi connectivity index (χ4n) is 1.83. The summed E-state index contributed by atoms with van der Waals surface area (Å²) in [5.41, 5.74) is 0.611. The third-order valence-electron chi connectivity index (χ3n) is 3.07. The lowest BCUT2D eigenvalue weighted by atomic mass is 10.1. The average Bonchev–Trinajstić information content (AvgIpc) is 2.28. The van der Waals surface area contributed by atoms with Crippen LogP contribution < -0.4 is 0 Å². The highest BCUT2D eigenvalue weighted by Crippen LogP contribution is 2.19. The molecule has 0 aromatic heterocycles. The molecule has 1 aliphatic rings. The molecule has 1 heterocycles. The van der Waals surface area contributed by atoms with Crippen molar-refractivity contribution in [2.24, 2.45) is 0 Å². The first-order chi connectivity index (χ1) is 8.04. The van der Waals surface area contributed by atoms with Crippen molar-refractivity contribution in [2.75, 3.05) is 18.8 Å². The smallest absolute Gasteiger partial charge is 0.253 e. The fraction of sp³-hybridized carbons (Fsp3) is 0.417. The van der Waals surface area contributed by atoms with E-state index in [1.165, 1.54) is 0 Å². The zero-order valence-corrected chi connectivity index (χ0v) is 10.5. The summed E-state index contributed by atoms with van der Waals surface area (Å²) in [5.74, 6) is 0.0542. The first kappa shape index (κ1) is 12.1. The Balaban J connectivity index is 2.00. The fourth-order valence-corrected chi connectivity index (χ4v) is 3.12. The van der Waals surface area contributed by atoms with Gasteiger partial charge in [-0.1, -0.05) is 25.1 Å². The molecule has 0 N–H and O–H groups in total. The summed E-state index contributed by atoms with van der Waals surface area (Å²) < 4.78 is 23.1. The SMILES string of the molecule is CCS(=O)(=O)C1CN(C(=O)c2ccccc2)C1. The van der Waals surface area contributed by atoms with E-state index in [9.17, 15) is 13.2 Å². The Kier molecular flexibility index (Phi) is 3.19. The molecule has 1 aliphatic heterocycles. The summed E-state index contributed by atoms with van der Waals surface area (Å²) >= 11 is 0. The van der Waals surface area contributed by atoms with Gasteiger partial charge < -0.3 is 4.90 Å². The second-order valence-electron chi connectivity index (χ2n) is 4.15. The lowest BCUT2D eigenvalue weighted by molar-refractivity contribution is 0.0659. The Hall–Kier alpha value is -1.36. The molecule has 0 spiro atoms. The van der Waals surface area contributed by atoms with Gasteiger partial charge in [0, 0.05) is 24.4 Å². The summed E-state index contributed by atoms with van der Waals surface area (Å²) in [6.07, 6.45) is 0. The van der Waals surface area contributed by atoms with E-state index in [2.05, 4.69) is 0 Å². The number of nitrogens with zero attached hydrogens (tertiary/aromatic N) is 1. The molecule has 0 bridgehead atoms. The van der Waals surface area contributed by atoms with Crippen LogP contribution in [-0.4, -0.2) is 43.3 Å². The predicted molar refractivity (Wildman–Crippen MR) is 65.6 cm³/mol. The van der Waals surface area contributed by atoms with Gasteiger partial charge in [-0.2, -0.15) is 0 Å². The van der Waals surface area contributed by atoms with Crippen LogP contribution in [0.2, 0.25) is 0 Å². The van der Waals surface area contributed by atoms with Gasteiger partial charge in [0.15, 0.2) is 9.84 Å². The Bertz CT molecular complexity index is 504. The molecular formula is C12H15NO3S. The molecule has 1 aromatic carbocycles. The van der Waals surface area contributed by atoms with Crippen molar-refractivity contribution in [1.82, 2.24) is 4.90 Å². The van der Waals surface area contributed by atoms with Crippen LogP contribution in [0.4, 0.5) is 0 Å². The van der Waals surface area contributed by atoms with Gasteiger partial charge in [-0.3, -0.25) is 4.79 Å². The van der Waals surface area contributed by atoms with Crippen LogP contribution in [0, 0.1) is 0 Å². The summed E-state index contributed by atoms with van der Waals surface area (Å²) in [6, 6.07) is 8.92. The Morgan fingerprint density at radius 1 is 1.29 bits per heavy atom. The molecule has 0 unspecified atom stereocenters. The molecule has 1 aromatic rings. The summed E-state index contributed by atoms with van der Waals surface area (Å²) in [5, 5.41) is -0.375. The summed E-state index contributed by atoms with van der Waals surface area (Å²) in [7, 11) is -3.00. The maximum absolute atomic E-state index is 11.9. The Labute approximate surface area is 101 Å². The number of likely N-dealkylation sites (tertiary alicyclic amines) is 1. The minimum atomic E-state index is -3.00. The van der Waals surface area contributed by atoms with Crippen LogP contribution in [0.1, 0.15) is 17.3 Å². The van der Waals surface area contributed by atoms with Crippen molar-refractivity contribution in [1.29, 1.82) is 0 Å². The summed E-state index contributed by atoms with van der Waals surface area (Å²) in [4.78, 5) is 13.5. The number of carbonyl (C=O) groups is 1. The van der Waals surface area contributed by atoms with E-state index in [0.29, 0.717) is 18.7 Å². The largest absolute Gasteiger partial charge is 0.336 e. The molecule has 0 saturated carbocycles. The molecule has 0 radical (unpaired) electrons. The monoisotopic (exact) mass is 253 g/mol. The van der Waals surface area contributed by atoms with Crippen molar-refractivity contribution >= 4 is 15.7 Å². The molecular weight excluding hydrogens is 238 g/mol. The minimum Gasteiger partial charge on any atom is -0.336 e. The molecule has 4 nitrogen and oxygen atoms in total. The standard InChI is InChI=1S/C12H15NO3S/c1-2-17(15,16)11-8-13(9-11)12(14)10-6-4-3-5-7-10/h3-7,11H,2,8-9H2,1H3. The third kappa shape index (κ3) is 2.34. The minimum absolute atomic E-state index is 0.0897. The van der Waals surface area contributed by atoms with Crippen LogP contribution in [-0.2, 0) is 9.84 Å². The van der Waals surface area contributed by atoms with Crippen LogP contribution in [0.15, 0.2) is 30.3 Å². The lowest BCUT2D eigenvalue weighted by Gasteiger charge is -2.38. The average molecular weight is 253 g/mol. The first-order valence-electron chi connectivity index (χ1n) is 5.60. The Morgan fingerprint density at radius 2 is 1.88 bits per heavy atom. The first-order valence-corrected chi connectivity index (χ1v) is 7.32.